The normalized spacial score (nSPS) is 12.5. The third-order valence-electron chi connectivity index (χ3n) is 2.83. The Bertz CT molecular complexity index is 371. The average Bonchev–Trinajstić information content (AvgIpc) is 2.36. The Labute approximate surface area is 110 Å². The van der Waals surface area contributed by atoms with Gasteiger partial charge in [0.25, 0.3) is 0 Å². The molecule has 0 fully saturated rings. The summed E-state index contributed by atoms with van der Waals surface area (Å²) in [6.07, 6.45) is 1.10. The van der Waals surface area contributed by atoms with E-state index in [1.165, 1.54) is 18.2 Å². The van der Waals surface area contributed by atoms with E-state index in [2.05, 4.69) is 48.2 Å². The molecular weight excluding hydrogens is 226 g/mol. The van der Waals surface area contributed by atoms with Gasteiger partial charge in [-0.05, 0) is 30.4 Å². The third kappa shape index (κ3) is 4.88. The number of nitrogens with one attached hydrogen (secondary N) is 1. The first kappa shape index (κ1) is 14.7. The van der Waals surface area contributed by atoms with Gasteiger partial charge in [0.1, 0.15) is 6.04 Å². The molecule has 1 aromatic carbocycles. The highest BCUT2D eigenvalue weighted by Crippen LogP contribution is 2.09. The van der Waals surface area contributed by atoms with Gasteiger partial charge in [-0.25, -0.2) is 0 Å². The average molecular weight is 249 g/mol. The van der Waals surface area contributed by atoms with Gasteiger partial charge in [-0.3, -0.25) is 4.79 Å². The van der Waals surface area contributed by atoms with Gasteiger partial charge in [0, 0.05) is 6.54 Å². The Morgan fingerprint density at radius 3 is 2.22 bits per heavy atom. The van der Waals surface area contributed by atoms with Crippen molar-refractivity contribution >= 4 is 5.97 Å². The lowest BCUT2D eigenvalue weighted by molar-refractivity contribution is -0.142. The third-order valence-corrected chi connectivity index (χ3v) is 2.83. The van der Waals surface area contributed by atoms with Gasteiger partial charge in [0.2, 0.25) is 0 Å². The Kier molecular flexibility index (Phi) is 5.86. The molecule has 3 heteroatoms. The number of methoxy groups -OCH3 is 1. The van der Waals surface area contributed by atoms with Crippen LogP contribution in [0.1, 0.15) is 31.9 Å². The summed E-state index contributed by atoms with van der Waals surface area (Å²) in [5.41, 5.74) is 2.54. The van der Waals surface area contributed by atoms with Crippen LogP contribution in [0.5, 0.6) is 0 Å². The van der Waals surface area contributed by atoms with Crippen LogP contribution < -0.4 is 5.32 Å². The van der Waals surface area contributed by atoms with Gasteiger partial charge in [-0.2, -0.15) is 0 Å². The maximum absolute atomic E-state index is 11.2. The predicted octanol–water partition coefficient (Wildman–Crippen LogP) is 2.54. The number of benzene rings is 1. The Hall–Kier alpha value is -1.35. The van der Waals surface area contributed by atoms with Gasteiger partial charge in [0.15, 0.2) is 0 Å². The van der Waals surface area contributed by atoms with E-state index in [-0.39, 0.29) is 12.0 Å². The molecule has 0 aliphatic carbocycles. The van der Waals surface area contributed by atoms with E-state index in [0.717, 1.165) is 6.42 Å². The summed E-state index contributed by atoms with van der Waals surface area (Å²) in [7, 11) is 1.40. The van der Waals surface area contributed by atoms with E-state index in [9.17, 15) is 4.79 Å². The predicted molar refractivity (Wildman–Crippen MR) is 73.3 cm³/mol. The molecule has 0 spiro atoms. The highest BCUT2D eigenvalue weighted by molar-refractivity contribution is 5.75. The summed E-state index contributed by atoms with van der Waals surface area (Å²) in [5, 5.41) is 3.14. The van der Waals surface area contributed by atoms with Crippen molar-refractivity contribution in [1.82, 2.24) is 5.32 Å². The van der Waals surface area contributed by atoms with Gasteiger partial charge >= 0.3 is 5.97 Å². The lowest BCUT2D eigenvalue weighted by atomic mass is 10.0. The second-order valence-corrected chi connectivity index (χ2v) is 5.04. The molecule has 18 heavy (non-hydrogen) atoms. The molecule has 0 bridgehead atoms. The minimum atomic E-state index is -0.273. The zero-order valence-corrected chi connectivity index (χ0v) is 11.7. The first-order valence-corrected chi connectivity index (χ1v) is 6.42. The van der Waals surface area contributed by atoms with E-state index >= 15 is 0 Å². The fourth-order valence-corrected chi connectivity index (χ4v) is 1.80. The molecule has 0 heterocycles. The Morgan fingerprint density at radius 1 is 1.17 bits per heavy atom. The van der Waals surface area contributed by atoms with Crippen LogP contribution >= 0.6 is 0 Å². The maximum Gasteiger partial charge on any atom is 0.322 e. The van der Waals surface area contributed by atoms with Crippen LogP contribution in [0.3, 0.4) is 0 Å². The number of esters is 1. The molecule has 0 radical (unpaired) electrons. The van der Waals surface area contributed by atoms with Crippen LogP contribution in [0.4, 0.5) is 0 Å². The molecule has 0 aliphatic rings. The first-order valence-electron chi connectivity index (χ1n) is 6.42. The molecule has 0 aliphatic heterocycles. The largest absolute Gasteiger partial charge is 0.468 e. The molecule has 0 saturated carbocycles. The number of rotatable bonds is 6. The number of hydrogen-bond donors (Lipinski definition) is 1. The summed E-state index contributed by atoms with van der Waals surface area (Å²) in [5.74, 6) is 0.444. The summed E-state index contributed by atoms with van der Waals surface area (Å²) >= 11 is 0. The number of hydrogen-bond acceptors (Lipinski definition) is 3. The van der Waals surface area contributed by atoms with Crippen LogP contribution in [0, 0.1) is 5.92 Å². The molecule has 1 N–H and O–H groups in total. The van der Waals surface area contributed by atoms with Crippen molar-refractivity contribution in [3.05, 3.63) is 35.4 Å². The van der Waals surface area contributed by atoms with Crippen molar-refractivity contribution in [3.8, 4) is 0 Å². The number of ether oxygens (including phenoxy) is 1. The summed E-state index contributed by atoms with van der Waals surface area (Å²) in [6.45, 7) is 6.91. The van der Waals surface area contributed by atoms with E-state index in [1.807, 2.05) is 0 Å². The van der Waals surface area contributed by atoms with E-state index < -0.39 is 0 Å². The molecule has 1 atom stereocenters. The minimum absolute atomic E-state index is 0.230. The number of carbonyl (C=O) groups is 1. The molecule has 0 amide bonds. The standard InChI is InChI=1S/C15H23NO2/c1-11(2)9-13-5-7-14(8-6-13)10-16-12(3)15(17)18-4/h5-8,11-12,16H,9-10H2,1-4H3/t12-/m0/s1. The summed E-state index contributed by atoms with van der Waals surface area (Å²) in [6, 6.07) is 8.24. The van der Waals surface area contributed by atoms with E-state index in [4.69, 9.17) is 0 Å². The second-order valence-electron chi connectivity index (χ2n) is 5.04. The van der Waals surface area contributed by atoms with Crippen LogP contribution in [0.2, 0.25) is 0 Å². The molecular formula is C15H23NO2. The van der Waals surface area contributed by atoms with Crippen molar-refractivity contribution in [2.75, 3.05) is 7.11 Å². The van der Waals surface area contributed by atoms with Gasteiger partial charge in [-0.1, -0.05) is 38.1 Å². The zero-order valence-electron chi connectivity index (χ0n) is 11.7. The van der Waals surface area contributed by atoms with Crippen LogP contribution in [-0.4, -0.2) is 19.1 Å². The van der Waals surface area contributed by atoms with Gasteiger partial charge in [-0.15, -0.1) is 0 Å². The number of carbonyl (C=O) groups excluding carboxylic acids is 1. The quantitative estimate of drug-likeness (QED) is 0.787. The highest BCUT2D eigenvalue weighted by atomic mass is 16.5. The zero-order chi connectivity index (χ0) is 13.5. The molecule has 0 aromatic heterocycles. The molecule has 0 saturated heterocycles. The van der Waals surface area contributed by atoms with Crippen LogP contribution in [0.15, 0.2) is 24.3 Å². The van der Waals surface area contributed by atoms with Crippen molar-refractivity contribution in [2.24, 2.45) is 5.92 Å². The smallest absolute Gasteiger partial charge is 0.322 e. The summed E-state index contributed by atoms with van der Waals surface area (Å²) < 4.78 is 4.66. The summed E-state index contributed by atoms with van der Waals surface area (Å²) in [4.78, 5) is 11.2. The van der Waals surface area contributed by atoms with Crippen molar-refractivity contribution < 1.29 is 9.53 Å². The van der Waals surface area contributed by atoms with E-state index in [1.54, 1.807) is 6.92 Å². The maximum atomic E-state index is 11.2. The van der Waals surface area contributed by atoms with E-state index in [0.29, 0.717) is 12.5 Å². The highest BCUT2D eigenvalue weighted by Gasteiger charge is 2.11. The van der Waals surface area contributed by atoms with Crippen LogP contribution in [-0.2, 0) is 22.5 Å². The Morgan fingerprint density at radius 2 is 1.72 bits per heavy atom. The van der Waals surface area contributed by atoms with Crippen molar-refractivity contribution in [2.45, 2.75) is 39.8 Å². The van der Waals surface area contributed by atoms with Crippen molar-refractivity contribution in [3.63, 3.8) is 0 Å². The molecule has 100 valence electrons. The van der Waals surface area contributed by atoms with Crippen LogP contribution in [0.25, 0.3) is 0 Å². The lowest BCUT2D eigenvalue weighted by Crippen LogP contribution is -2.34. The molecule has 3 nitrogen and oxygen atoms in total. The molecule has 0 unspecified atom stereocenters. The fourth-order valence-electron chi connectivity index (χ4n) is 1.80. The lowest BCUT2D eigenvalue weighted by Gasteiger charge is -2.12. The molecule has 1 aromatic rings. The second kappa shape index (κ2) is 7.17. The van der Waals surface area contributed by atoms with Crippen molar-refractivity contribution in [1.29, 1.82) is 0 Å². The first-order chi connectivity index (χ1) is 8.52. The SMILES string of the molecule is COC(=O)[C@H](C)NCc1ccc(CC(C)C)cc1. The molecule has 1 rings (SSSR count). The van der Waals surface area contributed by atoms with Gasteiger partial charge < -0.3 is 10.1 Å². The monoisotopic (exact) mass is 249 g/mol. The fraction of sp³-hybridized carbons (Fsp3) is 0.533. The topological polar surface area (TPSA) is 38.3 Å². The minimum Gasteiger partial charge on any atom is -0.468 e. The van der Waals surface area contributed by atoms with Gasteiger partial charge in [0.05, 0.1) is 7.11 Å². The Balaban J connectivity index is 2.46.